The van der Waals surface area contributed by atoms with Gasteiger partial charge in [-0.25, -0.2) is 0 Å². The van der Waals surface area contributed by atoms with Crippen LogP contribution in [0.1, 0.15) is 0 Å². The van der Waals surface area contributed by atoms with Crippen LogP contribution in [0.25, 0.3) is 10.9 Å². The minimum atomic E-state index is -4.24. The fourth-order valence-electron chi connectivity index (χ4n) is 1.32. The van der Waals surface area contributed by atoms with Gasteiger partial charge in [0.05, 0.1) is 0 Å². The third kappa shape index (κ3) is 2.31. The highest BCUT2D eigenvalue weighted by Gasteiger charge is 2.28. The van der Waals surface area contributed by atoms with Crippen LogP contribution in [0, 0.1) is 0 Å². The molecule has 6 heteroatoms. The number of halogens is 4. The molecule has 15 heavy (non-hydrogen) atoms. The second-order valence-corrected chi connectivity index (χ2v) is 3.97. The largest absolute Gasteiger partial charge is 0.408 e. The van der Waals surface area contributed by atoms with Crippen molar-refractivity contribution in [2.45, 2.75) is 12.7 Å². The van der Waals surface area contributed by atoms with Gasteiger partial charge in [-0.2, -0.15) is 18.3 Å². The lowest BCUT2D eigenvalue weighted by atomic mass is 10.3. The van der Waals surface area contributed by atoms with Gasteiger partial charge in [0, 0.05) is 16.1 Å². The van der Waals surface area contributed by atoms with Gasteiger partial charge < -0.3 is 0 Å². The summed E-state index contributed by atoms with van der Waals surface area (Å²) < 4.78 is 37.9. The first-order valence-electron chi connectivity index (χ1n) is 4.14. The second-order valence-electron chi connectivity index (χ2n) is 3.12. The maximum absolute atomic E-state index is 12.1. The lowest BCUT2D eigenvalue weighted by Gasteiger charge is -2.04. The van der Waals surface area contributed by atoms with Crippen molar-refractivity contribution in [1.29, 1.82) is 0 Å². The zero-order valence-corrected chi connectivity index (χ0v) is 9.01. The normalized spacial score (nSPS) is 12.3. The quantitative estimate of drug-likeness (QED) is 0.782. The summed E-state index contributed by atoms with van der Waals surface area (Å²) in [4.78, 5) is 0. The van der Waals surface area contributed by atoms with Crippen molar-refractivity contribution in [2.24, 2.45) is 0 Å². The molecule has 0 bridgehead atoms. The molecule has 1 aromatic heterocycles. The molecule has 0 unspecified atom stereocenters. The third-order valence-electron chi connectivity index (χ3n) is 1.88. The van der Waals surface area contributed by atoms with Crippen LogP contribution < -0.4 is 0 Å². The lowest BCUT2D eigenvalue weighted by molar-refractivity contribution is -0.142. The molecule has 0 fully saturated rings. The summed E-state index contributed by atoms with van der Waals surface area (Å²) in [5, 5.41) is 4.54. The molecule has 0 saturated heterocycles. The van der Waals surface area contributed by atoms with Gasteiger partial charge in [-0.15, -0.1) is 0 Å². The van der Waals surface area contributed by atoms with Crippen molar-refractivity contribution < 1.29 is 13.2 Å². The Labute approximate surface area is 91.8 Å². The van der Waals surface area contributed by atoms with E-state index in [0.717, 1.165) is 4.68 Å². The first kappa shape index (κ1) is 10.5. The number of nitrogens with zero attached hydrogens (tertiary/aromatic N) is 2. The zero-order valence-electron chi connectivity index (χ0n) is 7.42. The van der Waals surface area contributed by atoms with E-state index in [2.05, 4.69) is 21.0 Å². The van der Waals surface area contributed by atoms with E-state index in [1.807, 2.05) is 0 Å². The molecular weight excluding hydrogens is 273 g/mol. The minimum absolute atomic E-state index is 0.543. The first-order valence-corrected chi connectivity index (χ1v) is 4.93. The molecule has 80 valence electrons. The number of aromatic nitrogens is 2. The van der Waals surface area contributed by atoms with Crippen molar-refractivity contribution in [3.8, 4) is 0 Å². The van der Waals surface area contributed by atoms with Gasteiger partial charge in [0.25, 0.3) is 0 Å². The van der Waals surface area contributed by atoms with Crippen LogP contribution in [0.2, 0.25) is 0 Å². The van der Waals surface area contributed by atoms with Crippen molar-refractivity contribution >= 4 is 26.8 Å². The SMILES string of the molecule is FC(F)(F)Cn1cc2cccc(Br)c2n1. The van der Waals surface area contributed by atoms with Crippen LogP contribution in [0.4, 0.5) is 13.2 Å². The van der Waals surface area contributed by atoms with Crippen LogP contribution >= 0.6 is 15.9 Å². The topological polar surface area (TPSA) is 17.8 Å². The standard InChI is InChI=1S/C9H6BrF3N2/c10-7-3-1-2-6-4-15(14-8(6)7)5-9(11,12)13/h1-4H,5H2. The van der Waals surface area contributed by atoms with Crippen molar-refractivity contribution in [3.63, 3.8) is 0 Å². The third-order valence-corrected chi connectivity index (χ3v) is 2.52. The van der Waals surface area contributed by atoms with Gasteiger partial charge in [0.15, 0.2) is 0 Å². The average molecular weight is 279 g/mol. The van der Waals surface area contributed by atoms with Crippen molar-refractivity contribution in [2.75, 3.05) is 0 Å². The number of fused-ring (bicyclic) bond motifs is 1. The maximum atomic E-state index is 12.1. The molecule has 1 aromatic carbocycles. The number of alkyl halides is 3. The molecular formula is C9H6BrF3N2. The Kier molecular flexibility index (Phi) is 2.46. The molecule has 0 N–H and O–H groups in total. The molecule has 0 aliphatic carbocycles. The predicted octanol–water partition coefficient (Wildman–Crippen LogP) is 3.36. The molecule has 0 aliphatic heterocycles. The van der Waals surface area contributed by atoms with Crippen LogP contribution in [0.5, 0.6) is 0 Å². The Morgan fingerprint density at radius 2 is 2.07 bits per heavy atom. The Morgan fingerprint density at radius 3 is 2.67 bits per heavy atom. The highest BCUT2D eigenvalue weighted by Crippen LogP contribution is 2.24. The summed E-state index contributed by atoms with van der Waals surface area (Å²) >= 11 is 3.23. The Balaban J connectivity index is 2.44. The molecule has 0 spiro atoms. The number of hydrogen-bond donors (Lipinski definition) is 0. The second kappa shape index (κ2) is 3.52. The molecule has 1 heterocycles. The van der Waals surface area contributed by atoms with Crippen LogP contribution in [-0.2, 0) is 6.54 Å². The van der Waals surface area contributed by atoms with Gasteiger partial charge in [0.2, 0.25) is 0 Å². The van der Waals surface area contributed by atoms with Gasteiger partial charge in [-0.3, -0.25) is 4.68 Å². The Morgan fingerprint density at radius 1 is 1.33 bits per heavy atom. The predicted molar refractivity (Wildman–Crippen MR) is 53.5 cm³/mol. The summed E-state index contributed by atoms with van der Waals surface area (Å²) in [7, 11) is 0. The summed E-state index contributed by atoms with van der Waals surface area (Å²) in [5.74, 6) is 0. The number of benzene rings is 1. The van der Waals surface area contributed by atoms with Crippen LogP contribution in [0.3, 0.4) is 0 Å². The van der Waals surface area contributed by atoms with Crippen molar-refractivity contribution in [3.05, 3.63) is 28.9 Å². The van der Waals surface area contributed by atoms with Gasteiger partial charge >= 0.3 is 6.18 Å². The Bertz CT molecular complexity index is 490. The number of rotatable bonds is 1. The summed E-state index contributed by atoms with van der Waals surface area (Å²) in [6, 6.07) is 5.22. The van der Waals surface area contributed by atoms with E-state index in [0.29, 0.717) is 15.4 Å². The molecule has 0 amide bonds. The van der Waals surface area contributed by atoms with E-state index < -0.39 is 12.7 Å². The highest BCUT2D eigenvalue weighted by atomic mass is 79.9. The van der Waals surface area contributed by atoms with Gasteiger partial charge in [0.1, 0.15) is 12.1 Å². The average Bonchev–Trinajstić information content (AvgIpc) is 2.45. The zero-order chi connectivity index (χ0) is 11.1. The highest BCUT2D eigenvalue weighted by molar-refractivity contribution is 9.10. The lowest BCUT2D eigenvalue weighted by Crippen LogP contribution is -2.17. The summed E-state index contributed by atoms with van der Waals surface area (Å²) in [6.07, 6.45) is -2.86. The number of hydrogen-bond acceptors (Lipinski definition) is 1. The van der Waals surface area contributed by atoms with E-state index in [9.17, 15) is 13.2 Å². The van der Waals surface area contributed by atoms with Crippen LogP contribution in [0.15, 0.2) is 28.9 Å². The molecule has 2 nitrogen and oxygen atoms in total. The molecule has 0 aliphatic rings. The van der Waals surface area contributed by atoms with E-state index in [1.54, 1.807) is 18.2 Å². The fourth-order valence-corrected chi connectivity index (χ4v) is 1.79. The smallest absolute Gasteiger partial charge is 0.262 e. The van der Waals surface area contributed by atoms with Gasteiger partial charge in [-0.1, -0.05) is 12.1 Å². The monoisotopic (exact) mass is 278 g/mol. The van der Waals surface area contributed by atoms with E-state index in [1.165, 1.54) is 6.20 Å². The van der Waals surface area contributed by atoms with Gasteiger partial charge in [-0.05, 0) is 22.0 Å². The molecule has 2 aromatic rings. The van der Waals surface area contributed by atoms with E-state index in [-0.39, 0.29) is 0 Å². The molecule has 0 atom stereocenters. The fraction of sp³-hybridized carbons (Fsp3) is 0.222. The first-order chi connectivity index (χ1) is 6.96. The van der Waals surface area contributed by atoms with Crippen molar-refractivity contribution in [1.82, 2.24) is 9.78 Å². The molecule has 0 radical (unpaired) electrons. The molecule has 0 saturated carbocycles. The maximum Gasteiger partial charge on any atom is 0.408 e. The Hall–Kier alpha value is -1.04. The molecule has 2 rings (SSSR count). The summed E-state index contributed by atoms with van der Waals surface area (Å²) in [5.41, 5.74) is 0.543. The summed E-state index contributed by atoms with van der Waals surface area (Å²) in [6.45, 7) is -1.06. The van der Waals surface area contributed by atoms with E-state index in [4.69, 9.17) is 0 Å². The van der Waals surface area contributed by atoms with E-state index >= 15 is 0 Å². The van der Waals surface area contributed by atoms with Crippen LogP contribution in [-0.4, -0.2) is 16.0 Å². The minimum Gasteiger partial charge on any atom is -0.262 e.